The maximum absolute atomic E-state index is 5.71. The van der Waals surface area contributed by atoms with Crippen LogP contribution in [0.1, 0.15) is 0 Å². The number of hydrogen-bond donors (Lipinski definition) is 1. The number of nitrogens with one attached hydrogen (secondary N) is 1. The number of ether oxygens (including phenoxy) is 1. The molecule has 0 saturated carbocycles. The molecule has 3 aromatic rings. The highest BCUT2D eigenvalue weighted by atomic mass is 32.1. The van der Waals surface area contributed by atoms with Crippen molar-refractivity contribution in [2.45, 2.75) is 0 Å². The van der Waals surface area contributed by atoms with E-state index in [0.29, 0.717) is 0 Å². The van der Waals surface area contributed by atoms with Crippen molar-refractivity contribution in [3.63, 3.8) is 0 Å². The molecule has 2 heterocycles. The minimum absolute atomic E-state index is 0.881. The highest BCUT2D eigenvalue weighted by molar-refractivity contribution is 7.07. The molecule has 1 aliphatic heterocycles. The lowest BCUT2D eigenvalue weighted by atomic mass is 10.2. The molecule has 3 heteroatoms. The van der Waals surface area contributed by atoms with Crippen LogP contribution in [0.2, 0.25) is 0 Å². The zero-order valence-corrected chi connectivity index (χ0v) is 11.1. The van der Waals surface area contributed by atoms with Crippen molar-refractivity contribution in [1.29, 1.82) is 0 Å². The van der Waals surface area contributed by atoms with Crippen LogP contribution >= 0.6 is 11.3 Å². The first-order chi connectivity index (χ1) is 9.43. The van der Waals surface area contributed by atoms with Crippen molar-refractivity contribution >= 4 is 22.7 Å². The Hall–Kier alpha value is -2.26. The topological polar surface area (TPSA) is 21.3 Å². The highest BCUT2D eigenvalue weighted by Gasteiger charge is 2.13. The van der Waals surface area contributed by atoms with Gasteiger partial charge in [-0.2, -0.15) is 11.3 Å². The van der Waals surface area contributed by atoms with Gasteiger partial charge in [0, 0.05) is 0 Å². The van der Waals surface area contributed by atoms with Gasteiger partial charge in [0.05, 0.1) is 11.4 Å². The molecule has 0 bridgehead atoms. The van der Waals surface area contributed by atoms with Gasteiger partial charge in [0.2, 0.25) is 0 Å². The van der Waals surface area contributed by atoms with Gasteiger partial charge in [-0.15, -0.1) is 0 Å². The molecule has 0 spiro atoms. The molecular weight excluding hydrogens is 254 g/mol. The quantitative estimate of drug-likeness (QED) is 0.468. The van der Waals surface area contributed by atoms with E-state index in [1.54, 1.807) is 11.3 Å². The molecule has 0 saturated heterocycles. The third-order valence-electron chi connectivity index (χ3n) is 2.69. The SMILES string of the molecule is c1ccc2c(c1)Nc1ccccc1O2.c1ccsc1. The Kier molecular flexibility index (Phi) is 3.47. The summed E-state index contributed by atoms with van der Waals surface area (Å²) >= 11 is 1.71. The van der Waals surface area contributed by atoms with Crippen LogP contribution in [0.25, 0.3) is 0 Å². The standard InChI is InChI=1S/C12H9NO.C4H4S/c1-3-7-11-9(5-1)13-10-6-2-4-8-12(10)14-11;1-2-4-5-3-1/h1-8,13H;1-4H. The summed E-state index contributed by atoms with van der Waals surface area (Å²) in [7, 11) is 0. The zero-order valence-electron chi connectivity index (χ0n) is 10.2. The third-order valence-corrected chi connectivity index (χ3v) is 3.32. The highest BCUT2D eigenvalue weighted by Crippen LogP contribution is 2.40. The predicted octanol–water partition coefficient (Wildman–Crippen LogP) is 5.28. The lowest BCUT2D eigenvalue weighted by Crippen LogP contribution is -2.01. The van der Waals surface area contributed by atoms with Crippen molar-refractivity contribution in [3.8, 4) is 11.5 Å². The van der Waals surface area contributed by atoms with Crippen molar-refractivity contribution in [2.75, 3.05) is 5.32 Å². The molecule has 1 aromatic heterocycles. The summed E-state index contributed by atoms with van der Waals surface area (Å²) in [5.74, 6) is 1.76. The number of para-hydroxylation sites is 4. The van der Waals surface area contributed by atoms with Crippen LogP contribution in [0, 0.1) is 0 Å². The summed E-state index contributed by atoms with van der Waals surface area (Å²) in [5.41, 5.74) is 2.04. The fourth-order valence-electron chi connectivity index (χ4n) is 1.81. The second-order valence-electron chi connectivity index (χ2n) is 4.01. The number of hydrogen-bond acceptors (Lipinski definition) is 3. The first kappa shape index (κ1) is 11.8. The second kappa shape index (κ2) is 5.59. The van der Waals surface area contributed by atoms with Crippen molar-refractivity contribution in [3.05, 3.63) is 71.4 Å². The van der Waals surface area contributed by atoms with Crippen molar-refractivity contribution < 1.29 is 4.74 Å². The Morgan fingerprint density at radius 2 is 1.21 bits per heavy atom. The van der Waals surface area contributed by atoms with Crippen LogP contribution in [0.15, 0.2) is 71.4 Å². The fourth-order valence-corrected chi connectivity index (χ4v) is 2.26. The summed E-state index contributed by atoms with van der Waals surface area (Å²) in [5, 5.41) is 7.40. The smallest absolute Gasteiger partial charge is 0.150 e. The van der Waals surface area contributed by atoms with Gasteiger partial charge < -0.3 is 10.1 Å². The maximum Gasteiger partial charge on any atom is 0.150 e. The predicted molar refractivity (Wildman–Crippen MR) is 80.6 cm³/mol. The molecule has 0 amide bonds. The summed E-state index contributed by atoms with van der Waals surface area (Å²) in [6, 6.07) is 19.9. The Morgan fingerprint density at radius 3 is 1.68 bits per heavy atom. The number of anilines is 2. The van der Waals surface area contributed by atoms with Gasteiger partial charge in [0.25, 0.3) is 0 Å². The van der Waals surface area contributed by atoms with Crippen LogP contribution in [0.5, 0.6) is 11.5 Å². The van der Waals surface area contributed by atoms with Gasteiger partial charge in [0.1, 0.15) is 0 Å². The molecule has 4 rings (SSSR count). The molecule has 0 unspecified atom stereocenters. The molecule has 0 radical (unpaired) electrons. The van der Waals surface area contributed by atoms with E-state index >= 15 is 0 Å². The fraction of sp³-hybridized carbons (Fsp3) is 0. The van der Waals surface area contributed by atoms with E-state index in [1.165, 1.54) is 0 Å². The summed E-state index contributed by atoms with van der Waals surface area (Å²) in [6.07, 6.45) is 0. The lowest BCUT2D eigenvalue weighted by molar-refractivity contribution is 0.481. The van der Waals surface area contributed by atoms with Crippen LogP contribution in [-0.2, 0) is 0 Å². The van der Waals surface area contributed by atoms with Crippen molar-refractivity contribution in [2.24, 2.45) is 0 Å². The van der Waals surface area contributed by atoms with E-state index < -0.39 is 0 Å². The summed E-state index contributed by atoms with van der Waals surface area (Å²) in [4.78, 5) is 0. The van der Waals surface area contributed by atoms with Crippen LogP contribution in [0.4, 0.5) is 11.4 Å². The first-order valence-electron chi connectivity index (χ1n) is 6.03. The van der Waals surface area contributed by atoms with E-state index in [0.717, 1.165) is 22.9 Å². The molecule has 0 fully saturated rings. The zero-order chi connectivity index (χ0) is 12.9. The molecule has 2 aromatic carbocycles. The second-order valence-corrected chi connectivity index (χ2v) is 4.83. The monoisotopic (exact) mass is 267 g/mol. The average molecular weight is 267 g/mol. The maximum atomic E-state index is 5.71. The average Bonchev–Trinajstić information content (AvgIpc) is 3.04. The number of thiophene rings is 1. The Labute approximate surface area is 116 Å². The number of benzene rings is 2. The molecule has 94 valence electrons. The largest absolute Gasteiger partial charge is 0.453 e. The third kappa shape index (κ3) is 2.77. The molecule has 19 heavy (non-hydrogen) atoms. The van der Waals surface area contributed by atoms with Gasteiger partial charge in [-0.05, 0) is 35.0 Å². The van der Waals surface area contributed by atoms with Crippen LogP contribution in [-0.4, -0.2) is 0 Å². The van der Waals surface area contributed by atoms with E-state index in [1.807, 2.05) is 71.4 Å². The lowest BCUT2D eigenvalue weighted by Gasteiger charge is -2.20. The Morgan fingerprint density at radius 1 is 0.684 bits per heavy atom. The van der Waals surface area contributed by atoms with E-state index in [2.05, 4.69) is 5.32 Å². The molecule has 2 nitrogen and oxygen atoms in total. The first-order valence-corrected chi connectivity index (χ1v) is 6.98. The van der Waals surface area contributed by atoms with Crippen LogP contribution < -0.4 is 10.1 Å². The van der Waals surface area contributed by atoms with Gasteiger partial charge in [0.15, 0.2) is 11.5 Å². The molecule has 1 aliphatic rings. The summed E-state index contributed by atoms with van der Waals surface area (Å²) in [6.45, 7) is 0. The van der Waals surface area contributed by atoms with Gasteiger partial charge in [-0.3, -0.25) is 0 Å². The minimum atomic E-state index is 0.881. The van der Waals surface area contributed by atoms with Crippen molar-refractivity contribution in [1.82, 2.24) is 0 Å². The van der Waals surface area contributed by atoms with E-state index in [4.69, 9.17) is 4.74 Å². The molecular formula is C16H13NOS. The number of fused-ring (bicyclic) bond motifs is 2. The molecule has 0 atom stereocenters. The van der Waals surface area contributed by atoms with E-state index in [-0.39, 0.29) is 0 Å². The van der Waals surface area contributed by atoms with Crippen LogP contribution in [0.3, 0.4) is 0 Å². The molecule has 0 aliphatic carbocycles. The normalized spacial score (nSPS) is 10.9. The molecule has 1 N–H and O–H groups in total. The Balaban J connectivity index is 0.000000187. The van der Waals surface area contributed by atoms with Gasteiger partial charge in [-0.1, -0.05) is 36.4 Å². The van der Waals surface area contributed by atoms with Gasteiger partial charge >= 0.3 is 0 Å². The number of rotatable bonds is 0. The Bertz CT molecular complexity index is 545. The van der Waals surface area contributed by atoms with Gasteiger partial charge in [-0.25, -0.2) is 0 Å². The summed E-state index contributed by atoms with van der Waals surface area (Å²) < 4.78 is 5.71. The van der Waals surface area contributed by atoms with E-state index in [9.17, 15) is 0 Å². The minimum Gasteiger partial charge on any atom is -0.453 e.